The van der Waals surface area contributed by atoms with E-state index in [4.69, 9.17) is 0 Å². The Morgan fingerprint density at radius 1 is 1.00 bits per heavy atom. The number of hydrogen-bond acceptors (Lipinski definition) is 2. The molecule has 0 aliphatic carbocycles. The number of nitrogens with one attached hydrogen (secondary N) is 1. The highest BCUT2D eigenvalue weighted by Gasteiger charge is 2.13. The quantitative estimate of drug-likeness (QED) is 0.693. The van der Waals surface area contributed by atoms with Crippen LogP contribution in [-0.2, 0) is 11.3 Å². The number of likely N-dealkylation sites (N-methyl/N-ethyl adjacent to an activating group) is 1. The molecule has 5 nitrogen and oxygen atoms in total. The largest absolute Gasteiger partial charge is 0.342 e. The first-order valence-electron chi connectivity index (χ1n) is 9.68. The van der Waals surface area contributed by atoms with Crippen molar-refractivity contribution in [3.05, 3.63) is 65.4 Å². The smallest absolute Gasteiger partial charge is 0.255 e. The zero-order valence-corrected chi connectivity index (χ0v) is 17.0. The van der Waals surface area contributed by atoms with Crippen molar-refractivity contribution in [2.45, 2.75) is 34.2 Å². The van der Waals surface area contributed by atoms with Crippen LogP contribution < -0.4 is 5.32 Å². The lowest BCUT2D eigenvalue weighted by molar-refractivity contribution is -0.131. The number of rotatable bonds is 6. The highest BCUT2D eigenvalue weighted by molar-refractivity contribution is 6.06. The minimum absolute atomic E-state index is 0.106. The molecule has 0 aliphatic heterocycles. The van der Waals surface area contributed by atoms with Crippen molar-refractivity contribution in [2.75, 3.05) is 18.4 Å². The summed E-state index contributed by atoms with van der Waals surface area (Å²) < 4.78 is 1.95. The van der Waals surface area contributed by atoms with E-state index >= 15 is 0 Å². The molecule has 0 aliphatic rings. The van der Waals surface area contributed by atoms with E-state index in [0.29, 0.717) is 25.2 Å². The Balaban J connectivity index is 1.79. The molecule has 0 radical (unpaired) electrons. The third-order valence-electron chi connectivity index (χ3n) is 5.09. The van der Waals surface area contributed by atoms with E-state index in [2.05, 4.69) is 5.32 Å². The first-order valence-corrected chi connectivity index (χ1v) is 9.68. The predicted octanol–water partition coefficient (Wildman–Crippen LogP) is 4.38. The van der Waals surface area contributed by atoms with Crippen molar-refractivity contribution in [1.29, 1.82) is 0 Å². The minimum Gasteiger partial charge on any atom is -0.342 e. The molecule has 0 fully saturated rings. The van der Waals surface area contributed by atoms with Crippen LogP contribution in [0.5, 0.6) is 0 Å². The van der Waals surface area contributed by atoms with Crippen LogP contribution in [0, 0.1) is 13.8 Å². The van der Waals surface area contributed by atoms with Crippen molar-refractivity contribution < 1.29 is 9.59 Å². The molecule has 3 rings (SSSR count). The van der Waals surface area contributed by atoms with E-state index in [1.807, 2.05) is 85.8 Å². The second-order valence-electron chi connectivity index (χ2n) is 7.06. The predicted molar refractivity (Wildman–Crippen MR) is 114 cm³/mol. The third kappa shape index (κ3) is 4.09. The lowest BCUT2D eigenvalue weighted by atomic mass is 10.0. The van der Waals surface area contributed by atoms with Gasteiger partial charge in [-0.1, -0.05) is 17.7 Å². The van der Waals surface area contributed by atoms with Crippen LogP contribution in [0.15, 0.2) is 48.7 Å². The number of amides is 2. The van der Waals surface area contributed by atoms with Crippen LogP contribution >= 0.6 is 0 Å². The van der Waals surface area contributed by atoms with Crippen LogP contribution in [-0.4, -0.2) is 34.4 Å². The van der Waals surface area contributed by atoms with Gasteiger partial charge in [-0.3, -0.25) is 9.59 Å². The van der Waals surface area contributed by atoms with Crippen molar-refractivity contribution >= 4 is 28.4 Å². The fraction of sp³-hybridized carbons (Fsp3) is 0.304. The first-order chi connectivity index (χ1) is 13.4. The fourth-order valence-corrected chi connectivity index (χ4v) is 3.42. The normalized spacial score (nSPS) is 10.9. The third-order valence-corrected chi connectivity index (χ3v) is 5.09. The van der Waals surface area contributed by atoms with Gasteiger partial charge in [-0.05, 0) is 63.6 Å². The van der Waals surface area contributed by atoms with E-state index in [1.165, 1.54) is 0 Å². The van der Waals surface area contributed by atoms with Crippen LogP contribution in [0.4, 0.5) is 5.69 Å². The highest BCUT2D eigenvalue weighted by atomic mass is 16.2. The zero-order chi connectivity index (χ0) is 20.3. The van der Waals surface area contributed by atoms with Gasteiger partial charge in [0.2, 0.25) is 5.91 Å². The summed E-state index contributed by atoms with van der Waals surface area (Å²) >= 11 is 0. The van der Waals surface area contributed by atoms with Gasteiger partial charge in [-0.25, -0.2) is 0 Å². The van der Waals surface area contributed by atoms with Crippen LogP contribution in [0.1, 0.15) is 35.3 Å². The van der Waals surface area contributed by atoms with E-state index in [0.717, 1.165) is 27.7 Å². The molecule has 0 unspecified atom stereocenters. The molecule has 2 aromatic carbocycles. The monoisotopic (exact) mass is 377 g/mol. The standard InChI is InChI=1S/C23H27N3O2/c1-5-25(6-2)22(27)15-26-12-11-18-14-19(9-10-21(18)26)24-23(28)20-13-16(3)7-8-17(20)4/h7-14H,5-6,15H2,1-4H3,(H,24,28). The molecule has 146 valence electrons. The second-order valence-corrected chi connectivity index (χ2v) is 7.06. The Morgan fingerprint density at radius 2 is 1.75 bits per heavy atom. The average Bonchev–Trinajstić information content (AvgIpc) is 3.06. The molecule has 0 bridgehead atoms. The number of fused-ring (bicyclic) bond motifs is 1. The SMILES string of the molecule is CCN(CC)C(=O)Cn1ccc2cc(NC(=O)c3cc(C)ccc3C)ccc21. The summed E-state index contributed by atoms with van der Waals surface area (Å²) in [6.45, 7) is 9.63. The maximum Gasteiger partial charge on any atom is 0.255 e. The summed E-state index contributed by atoms with van der Waals surface area (Å²) in [5, 5.41) is 3.97. The molecule has 0 spiro atoms. The summed E-state index contributed by atoms with van der Waals surface area (Å²) in [5.74, 6) is -0.00787. The molecule has 1 aromatic heterocycles. The van der Waals surface area contributed by atoms with Crippen molar-refractivity contribution in [3.63, 3.8) is 0 Å². The van der Waals surface area contributed by atoms with Gasteiger partial charge in [0.25, 0.3) is 5.91 Å². The van der Waals surface area contributed by atoms with Gasteiger partial charge < -0.3 is 14.8 Å². The van der Waals surface area contributed by atoms with Crippen LogP contribution in [0.25, 0.3) is 10.9 Å². The molecular formula is C23H27N3O2. The number of carbonyl (C=O) groups excluding carboxylic acids is 2. The lowest BCUT2D eigenvalue weighted by Gasteiger charge is -2.19. The number of anilines is 1. The molecular weight excluding hydrogens is 350 g/mol. The Labute approximate surface area is 166 Å². The summed E-state index contributed by atoms with van der Waals surface area (Å²) in [7, 11) is 0. The first kappa shape index (κ1) is 19.7. The van der Waals surface area contributed by atoms with E-state index < -0.39 is 0 Å². The molecule has 2 amide bonds. The molecule has 3 aromatic rings. The topological polar surface area (TPSA) is 54.3 Å². The maximum absolute atomic E-state index is 12.6. The Hall–Kier alpha value is -3.08. The lowest BCUT2D eigenvalue weighted by Crippen LogP contribution is -2.33. The Kier molecular flexibility index (Phi) is 5.83. The average molecular weight is 377 g/mol. The van der Waals surface area contributed by atoms with Gasteiger partial charge >= 0.3 is 0 Å². The minimum atomic E-state index is -0.114. The number of aromatic nitrogens is 1. The summed E-state index contributed by atoms with van der Waals surface area (Å²) in [5.41, 5.74) is 4.41. The highest BCUT2D eigenvalue weighted by Crippen LogP contribution is 2.22. The summed E-state index contributed by atoms with van der Waals surface area (Å²) in [4.78, 5) is 26.9. The molecule has 0 atom stereocenters. The number of benzene rings is 2. The number of nitrogens with zero attached hydrogens (tertiary/aromatic N) is 2. The van der Waals surface area contributed by atoms with E-state index in [9.17, 15) is 9.59 Å². The van der Waals surface area contributed by atoms with E-state index in [1.54, 1.807) is 0 Å². The van der Waals surface area contributed by atoms with Gasteiger partial charge in [0.15, 0.2) is 0 Å². The molecule has 1 heterocycles. The zero-order valence-electron chi connectivity index (χ0n) is 17.0. The second kappa shape index (κ2) is 8.30. The number of hydrogen-bond donors (Lipinski definition) is 1. The van der Waals surface area contributed by atoms with Gasteiger partial charge in [0.05, 0.1) is 0 Å². The van der Waals surface area contributed by atoms with Gasteiger partial charge in [-0.2, -0.15) is 0 Å². The molecule has 5 heteroatoms. The summed E-state index contributed by atoms with van der Waals surface area (Å²) in [6.07, 6.45) is 1.92. The molecule has 1 N–H and O–H groups in total. The molecule has 0 saturated heterocycles. The van der Waals surface area contributed by atoms with Crippen molar-refractivity contribution in [3.8, 4) is 0 Å². The van der Waals surface area contributed by atoms with Crippen LogP contribution in [0.3, 0.4) is 0 Å². The van der Waals surface area contributed by atoms with Gasteiger partial charge in [0, 0.05) is 41.4 Å². The summed E-state index contributed by atoms with van der Waals surface area (Å²) in [6, 6.07) is 13.6. The van der Waals surface area contributed by atoms with Crippen molar-refractivity contribution in [2.24, 2.45) is 0 Å². The van der Waals surface area contributed by atoms with Gasteiger partial charge in [-0.15, -0.1) is 0 Å². The molecule has 0 saturated carbocycles. The van der Waals surface area contributed by atoms with E-state index in [-0.39, 0.29) is 11.8 Å². The molecule has 28 heavy (non-hydrogen) atoms. The van der Waals surface area contributed by atoms with Crippen LogP contribution in [0.2, 0.25) is 0 Å². The van der Waals surface area contributed by atoms with Crippen molar-refractivity contribution in [1.82, 2.24) is 9.47 Å². The maximum atomic E-state index is 12.6. The fourth-order valence-electron chi connectivity index (χ4n) is 3.42. The number of carbonyl (C=O) groups is 2. The Bertz CT molecular complexity index is 1020. The van der Waals surface area contributed by atoms with Gasteiger partial charge in [0.1, 0.15) is 6.54 Å². The Morgan fingerprint density at radius 3 is 2.46 bits per heavy atom. The number of aryl methyl sites for hydroxylation is 2.